The predicted octanol–water partition coefficient (Wildman–Crippen LogP) is 6.80. The standard InChI is InChI=1S/C22H18Cl3NO3/c1-13-3-5-14(6-4-13)12-29-21-18(25)9-15(10-20(21)28-2)22(27)26-19-11-16(23)7-8-17(19)24/h3-11H,12H2,1-2H3,(H,26,27). The molecule has 0 fully saturated rings. The van der Waals surface area contributed by atoms with Gasteiger partial charge in [-0.3, -0.25) is 4.79 Å². The number of anilines is 1. The maximum absolute atomic E-state index is 12.7. The summed E-state index contributed by atoms with van der Waals surface area (Å²) in [4.78, 5) is 12.7. The van der Waals surface area contributed by atoms with Gasteiger partial charge in [0.25, 0.3) is 5.91 Å². The molecule has 0 spiro atoms. The number of methoxy groups -OCH3 is 1. The first-order valence-electron chi connectivity index (χ1n) is 8.69. The SMILES string of the molecule is COc1cc(C(=O)Nc2cc(Cl)ccc2Cl)cc(Cl)c1OCc1ccc(C)cc1. The normalized spacial score (nSPS) is 10.5. The molecular formula is C22H18Cl3NO3. The Hall–Kier alpha value is -2.40. The molecule has 7 heteroatoms. The summed E-state index contributed by atoms with van der Waals surface area (Å²) in [5.41, 5.74) is 2.86. The number of hydrogen-bond donors (Lipinski definition) is 1. The minimum absolute atomic E-state index is 0.263. The maximum atomic E-state index is 12.7. The van der Waals surface area contributed by atoms with Gasteiger partial charge in [0, 0.05) is 10.6 Å². The van der Waals surface area contributed by atoms with E-state index in [4.69, 9.17) is 44.3 Å². The van der Waals surface area contributed by atoms with Gasteiger partial charge in [0.05, 0.1) is 22.8 Å². The van der Waals surface area contributed by atoms with Crippen molar-refractivity contribution in [3.63, 3.8) is 0 Å². The second kappa shape index (κ2) is 9.40. The van der Waals surface area contributed by atoms with Crippen molar-refractivity contribution >= 4 is 46.4 Å². The Morgan fingerprint density at radius 2 is 1.69 bits per heavy atom. The summed E-state index contributed by atoms with van der Waals surface area (Å²) in [5, 5.41) is 3.81. The van der Waals surface area contributed by atoms with Crippen molar-refractivity contribution in [1.82, 2.24) is 0 Å². The molecule has 3 rings (SSSR count). The van der Waals surface area contributed by atoms with Crippen LogP contribution >= 0.6 is 34.8 Å². The van der Waals surface area contributed by atoms with E-state index in [9.17, 15) is 4.79 Å². The highest BCUT2D eigenvalue weighted by molar-refractivity contribution is 6.36. The number of halogens is 3. The van der Waals surface area contributed by atoms with Crippen molar-refractivity contribution in [2.75, 3.05) is 12.4 Å². The quantitative estimate of drug-likeness (QED) is 0.449. The molecule has 1 N–H and O–H groups in total. The van der Waals surface area contributed by atoms with Crippen LogP contribution in [-0.4, -0.2) is 13.0 Å². The van der Waals surface area contributed by atoms with Crippen LogP contribution in [0.4, 0.5) is 5.69 Å². The van der Waals surface area contributed by atoms with Crippen LogP contribution in [0.25, 0.3) is 0 Å². The van der Waals surface area contributed by atoms with Crippen LogP contribution in [0, 0.1) is 6.92 Å². The molecule has 0 aliphatic heterocycles. The Morgan fingerprint density at radius 3 is 2.38 bits per heavy atom. The fourth-order valence-electron chi connectivity index (χ4n) is 2.62. The highest BCUT2D eigenvalue weighted by Crippen LogP contribution is 2.37. The molecule has 1 amide bonds. The summed E-state index contributed by atoms with van der Waals surface area (Å²) < 4.78 is 11.2. The molecule has 0 atom stereocenters. The van der Waals surface area contributed by atoms with Crippen LogP contribution < -0.4 is 14.8 Å². The number of nitrogens with one attached hydrogen (secondary N) is 1. The number of carbonyl (C=O) groups is 1. The Bertz CT molecular complexity index is 1040. The van der Waals surface area contributed by atoms with Crippen LogP contribution in [0.1, 0.15) is 21.5 Å². The molecule has 29 heavy (non-hydrogen) atoms. The molecule has 3 aromatic rings. The molecule has 3 aromatic carbocycles. The largest absolute Gasteiger partial charge is 0.493 e. The number of rotatable bonds is 6. The van der Waals surface area contributed by atoms with Crippen LogP contribution in [0.2, 0.25) is 15.1 Å². The van der Waals surface area contributed by atoms with Gasteiger partial charge in [-0.2, -0.15) is 0 Å². The van der Waals surface area contributed by atoms with Gasteiger partial charge in [-0.15, -0.1) is 0 Å². The smallest absolute Gasteiger partial charge is 0.255 e. The van der Waals surface area contributed by atoms with E-state index < -0.39 is 5.91 Å². The molecule has 0 aliphatic rings. The molecule has 0 heterocycles. The second-order valence-electron chi connectivity index (χ2n) is 6.34. The number of aryl methyl sites for hydroxylation is 1. The molecule has 0 radical (unpaired) electrons. The van der Waals surface area contributed by atoms with Crippen LogP contribution in [-0.2, 0) is 6.61 Å². The molecule has 0 bridgehead atoms. The molecule has 0 saturated carbocycles. The molecule has 0 unspecified atom stereocenters. The van der Waals surface area contributed by atoms with Gasteiger partial charge in [0.15, 0.2) is 11.5 Å². The Kier molecular flexibility index (Phi) is 6.91. The molecular weight excluding hydrogens is 433 g/mol. The lowest BCUT2D eigenvalue weighted by molar-refractivity contribution is 0.102. The van der Waals surface area contributed by atoms with E-state index in [2.05, 4.69) is 5.32 Å². The Morgan fingerprint density at radius 1 is 0.966 bits per heavy atom. The summed E-state index contributed by atoms with van der Waals surface area (Å²) >= 11 is 18.5. The molecule has 150 valence electrons. The van der Waals surface area contributed by atoms with Crippen molar-refractivity contribution in [1.29, 1.82) is 0 Å². The van der Waals surface area contributed by atoms with Gasteiger partial charge >= 0.3 is 0 Å². The Labute approximate surface area is 184 Å². The first kappa shape index (κ1) is 21.3. The average Bonchev–Trinajstić information content (AvgIpc) is 2.70. The number of benzene rings is 3. The zero-order valence-corrected chi connectivity index (χ0v) is 18.0. The van der Waals surface area contributed by atoms with Crippen molar-refractivity contribution < 1.29 is 14.3 Å². The lowest BCUT2D eigenvalue weighted by atomic mass is 10.1. The zero-order valence-electron chi connectivity index (χ0n) is 15.8. The van der Waals surface area contributed by atoms with E-state index in [-0.39, 0.29) is 5.02 Å². The second-order valence-corrected chi connectivity index (χ2v) is 7.59. The van der Waals surface area contributed by atoms with Crippen molar-refractivity contribution in [3.05, 3.63) is 86.4 Å². The fourth-order valence-corrected chi connectivity index (χ4v) is 3.22. The van der Waals surface area contributed by atoms with Crippen LogP contribution in [0.15, 0.2) is 54.6 Å². The highest BCUT2D eigenvalue weighted by atomic mass is 35.5. The third-order valence-corrected chi connectivity index (χ3v) is 5.02. The first-order chi connectivity index (χ1) is 13.9. The van der Waals surface area contributed by atoms with Gasteiger partial charge in [-0.05, 0) is 42.8 Å². The molecule has 0 aliphatic carbocycles. The van der Waals surface area contributed by atoms with Crippen molar-refractivity contribution in [3.8, 4) is 11.5 Å². The Balaban J connectivity index is 1.80. The number of amides is 1. The number of carbonyl (C=O) groups excluding carboxylic acids is 1. The maximum Gasteiger partial charge on any atom is 0.255 e. The highest BCUT2D eigenvalue weighted by Gasteiger charge is 2.17. The average molecular weight is 451 g/mol. The van der Waals surface area contributed by atoms with Gasteiger partial charge in [0.1, 0.15) is 6.61 Å². The molecule has 0 aromatic heterocycles. The van der Waals surface area contributed by atoms with Crippen molar-refractivity contribution in [2.24, 2.45) is 0 Å². The summed E-state index contributed by atoms with van der Waals surface area (Å²) in [6.45, 7) is 2.34. The topological polar surface area (TPSA) is 47.6 Å². The monoisotopic (exact) mass is 449 g/mol. The minimum atomic E-state index is -0.403. The van der Waals surface area contributed by atoms with Gasteiger partial charge in [0.2, 0.25) is 0 Å². The van der Waals surface area contributed by atoms with Crippen molar-refractivity contribution in [2.45, 2.75) is 13.5 Å². The summed E-state index contributed by atoms with van der Waals surface area (Å²) in [6.07, 6.45) is 0. The van der Waals surface area contributed by atoms with Gasteiger partial charge in [-0.1, -0.05) is 64.6 Å². The first-order valence-corrected chi connectivity index (χ1v) is 9.83. The zero-order chi connectivity index (χ0) is 21.0. The van der Waals surface area contributed by atoms with Crippen LogP contribution in [0.3, 0.4) is 0 Å². The summed E-state index contributed by atoms with van der Waals surface area (Å²) in [7, 11) is 1.49. The van der Waals surface area contributed by atoms with Crippen LogP contribution in [0.5, 0.6) is 11.5 Å². The van der Waals surface area contributed by atoms with E-state index in [0.717, 1.165) is 5.56 Å². The third-order valence-electron chi connectivity index (χ3n) is 4.17. The predicted molar refractivity (Wildman–Crippen MR) is 118 cm³/mol. The van der Waals surface area contributed by atoms with E-state index in [1.54, 1.807) is 24.3 Å². The third kappa shape index (κ3) is 5.36. The van der Waals surface area contributed by atoms with E-state index in [0.29, 0.717) is 39.4 Å². The minimum Gasteiger partial charge on any atom is -0.493 e. The fraction of sp³-hybridized carbons (Fsp3) is 0.136. The van der Waals surface area contributed by atoms with E-state index >= 15 is 0 Å². The van der Waals surface area contributed by atoms with Gasteiger partial charge in [-0.25, -0.2) is 0 Å². The number of ether oxygens (including phenoxy) is 2. The van der Waals surface area contributed by atoms with Gasteiger partial charge < -0.3 is 14.8 Å². The van der Waals surface area contributed by atoms with E-state index in [1.165, 1.54) is 18.7 Å². The lowest BCUT2D eigenvalue weighted by Gasteiger charge is -2.15. The molecule has 0 saturated heterocycles. The number of hydrogen-bond acceptors (Lipinski definition) is 3. The summed E-state index contributed by atoms with van der Waals surface area (Å²) in [5.74, 6) is 0.318. The summed E-state index contributed by atoms with van der Waals surface area (Å²) in [6, 6.07) is 15.9. The lowest BCUT2D eigenvalue weighted by Crippen LogP contribution is -2.13. The molecule has 4 nitrogen and oxygen atoms in total. The van der Waals surface area contributed by atoms with E-state index in [1.807, 2.05) is 31.2 Å².